The summed E-state index contributed by atoms with van der Waals surface area (Å²) in [4.78, 5) is 8.01. The molecule has 2 aromatic rings. The Balaban J connectivity index is 2.01. The Morgan fingerprint density at radius 2 is 2.00 bits per heavy atom. The number of H-pyrrole nitrogens is 1. The molecule has 0 amide bonds. The van der Waals surface area contributed by atoms with E-state index >= 15 is 0 Å². The van der Waals surface area contributed by atoms with Crippen LogP contribution in [0.4, 0.5) is 0 Å². The van der Waals surface area contributed by atoms with Crippen LogP contribution >= 0.6 is 0 Å². The van der Waals surface area contributed by atoms with Crippen molar-refractivity contribution in [1.82, 2.24) is 9.97 Å². The first-order valence-electron chi connectivity index (χ1n) is 6.37. The van der Waals surface area contributed by atoms with Crippen LogP contribution in [0.2, 0.25) is 0 Å². The predicted octanol–water partition coefficient (Wildman–Crippen LogP) is 3.18. The highest BCUT2D eigenvalue weighted by atomic mass is 14.9. The third-order valence-corrected chi connectivity index (χ3v) is 3.17. The van der Waals surface area contributed by atoms with Crippen LogP contribution in [0.15, 0.2) is 24.3 Å². The van der Waals surface area contributed by atoms with Gasteiger partial charge in [-0.25, -0.2) is 4.98 Å². The summed E-state index contributed by atoms with van der Waals surface area (Å²) in [6.07, 6.45) is 3.39. The molecule has 0 aliphatic heterocycles. The molecule has 2 atom stereocenters. The fourth-order valence-corrected chi connectivity index (χ4v) is 2.09. The molecule has 0 saturated heterocycles. The number of benzene rings is 1. The van der Waals surface area contributed by atoms with Gasteiger partial charge in [-0.1, -0.05) is 25.5 Å². The minimum absolute atomic E-state index is 0.304. The predicted molar refractivity (Wildman–Crippen MR) is 72.0 cm³/mol. The number of aromatic amines is 1. The molecule has 1 aromatic carbocycles. The van der Waals surface area contributed by atoms with Gasteiger partial charge in [0.05, 0.1) is 11.0 Å². The molecule has 1 heterocycles. The highest BCUT2D eigenvalue weighted by molar-refractivity contribution is 5.74. The first kappa shape index (κ1) is 12.1. The molecule has 0 bridgehead atoms. The molecule has 2 rings (SSSR count). The minimum atomic E-state index is 0.304. The van der Waals surface area contributed by atoms with E-state index in [4.69, 9.17) is 5.73 Å². The highest BCUT2D eigenvalue weighted by Crippen LogP contribution is 2.21. The molecular weight excluding hydrogens is 210 g/mol. The highest BCUT2D eigenvalue weighted by Gasteiger charge is 2.10. The van der Waals surface area contributed by atoms with Crippen molar-refractivity contribution in [3.63, 3.8) is 0 Å². The maximum Gasteiger partial charge on any atom is 0.110 e. The molecule has 0 fully saturated rings. The van der Waals surface area contributed by atoms with Gasteiger partial charge < -0.3 is 10.7 Å². The van der Waals surface area contributed by atoms with Gasteiger partial charge >= 0.3 is 0 Å². The number of hydrogen-bond donors (Lipinski definition) is 2. The molecule has 92 valence electrons. The van der Waals surface area contributed by atoms with Crippen molar-refractivity contribution < 1.29 is 0 Å². The Bertz CT molecular complexity index is 440. The van der Waals surface area contributed by atoms with Crippen LogP contribution in [0.1, 0.15) is 44.9 Å². The molecule has 0 aliphatic carbocycles. The van der Waals surface area contributed by atoms with E-state index in [1.165, 1.54) is 0 Å². The lowest BCUT2D eigenvalue weighted by molar-refractivity contribution is 0.546. The van der Waals surface area contributed by atoms with Gasteiger partial charge in [0.1, 0.15) is 5.82 Å². The molecule has 0 spiro atoms. The van der Waals surface area contributed by atoms with E-state index in [2.05, 4.69) is 29.9 Å². The van der Waals surface area contributed by atoms with Gasteiger partial charge in [-0.3, -0.25) is 0 Å². The minimum Gasteiger partial charge on any atom is -0.342 e. The molecule has 0 aliphatic rings. The molecule has 0 saturated carbocycles. The van der Waals surface area contributed by atoms with Crippen molar-refractivity contribution in [1.29, 1.82) is 0 Å². The summed E-state index contributed by atoms with van der Waals surface area (Å²) >= 11 is 0. The monoisotopic (exact) mass is 231 g/mol. The lowest BCUT2D eigenvalue weighted by atomic mass is 10.0. The summed E-state index contributed by atoms with van der Waals surface area (Å²) in [6, 6.07) is 8.47. The number of nitrogens with two attached hydrogens (primary N) is 1. The molecule has 3 heteroatoms. The maximum atomic E-state index is 5.76. The standard InChI is InChI=1S/C14H21N3/c1-10(6-5-7-11(2)15)14-16-12-8-3-4-9-13(12)17-14/h3-4,8-11H,5-7,15H2,1-2H3,(H,16,17). The lowest BCUT2D eigenvalue weighted by Gasteiger charge is -2.09. The summed E-state index contributed by atoms with van der Waals surface area (Å²) in [5.41, 5.74) is 7.94. The molecular formula is C14H21N3. The average Bonchev–Trinajstić information content (AvgIpc) is 2.71. The quantitative estimate of drug-likeness (QED) is 0.830. The van der Waals surface area contributed by atoms with Crippen LogP contribution in [-0.2, 0) is 0 Å². The Morgan fingerprint density at radius 3 is 2.71 bits per heavy atom. The molecule has 2 unspecified atom stereocenters. The van der Waals surface area contributed by atoms with Crippen LogP contribution in [0.25, 0.3) is 11.0 Å². The van der Waals surface area contributed by atoms with E-state index in [0.29, 0.717) is 12.0 Å². The number of rotatable bonds is 5. The van der Waals surface area contributed by atoms with Gasteiger partial charge in [-0.05, 0) is 31.9 Å². The summed E-state index contributed by atoms with van der Waals surface area (Å²) in [6.45, 7) is 4.28. The number of para-hydroxylation sites is 2. The Hall–Kier alpha value is -1.35. The van der Waals surface area contributed by atoms with Crippen LogP contribution in [0.3, 0.4) is 0 Å². The number of fused-ring (bicyclic) bond motifs is 1. The third kappa shape index (κ3) is 3.07. The number of nitrogens with zero attached hydrogens (tertiary/aromatic N) is 1. The fourth-order valence-electron chi connectivity index (χ4n) is 2.09. The number of imidazole rings is 1. The van der Waals surface area contributed by atoms with Crippen molar-refractivity contribution in [2.24, 2.45) is 5.73 Å². The Morgan fingerprint density at radius 1 is 1.24 bits per heavy atom. The molecule has 1 aromatic heterocycles. The van der Waals surface area contributed by atoms with Crippen molar-refractivity contribution >= 4 is 11.0 Å². The van der Waals surface area contributed by atoms with Gasteiger partial charge in [-0.15, -0.1) is 0 Å². The number of aromatic nitrogens is 2. The van der Waals surface area contributed by atoms with E-state index < -0.39 is 0 Å². The zero-order chi connectivity index (χ0) is 12.3. The van der Waals surface area contributed by atoms with Crippen molar-refractivity contribution in [3.8, 4) is 0 Å². The molecule has 3 N–H and O–H groups in total. The largest absolute Gasteiger partial charge is 0.342 e. The van der Waals surface area contributed by atoms with Gasteiger partial charge in [0.25, 0.3) is 0 Å². The maximum absolute atomic E-state index is 5.76. The van der Waals surface area contributed by atoms with Gasteiger partial charge in [0.15, 0.2) is 0 Å². The Kier molecular flexibility index (Phi) is 3.79. The third-order valence-electron chi connectivity index (χ3n) is 3.17. The van der Waals surface area contributed by atoms with E-state index in [9.17, 15) is 0 Å². The van der Waals surface area contributed by atoms with Crippen LogP contribution in [0, 0.1) is 0 Å². The van der Waals surface area contributed by atoms with Crippen molar-refractivity contribution in [3.05, 3.63) is 30.1 Å². The number of nitrogens with one attached hydrogen (secondary N) is 1. The van der Waals surface area contributed by atoms with Crippen LogP contribution in [0.5, 0.6) is 0 Å². The summed E-state index contributed by atoms with van der Waals surface area (Å²) < 4.78 is 0. The second-order valence-electron chi connectivity index (χ2n) is 4.95. The summed E-state index contributed by atoms with van der Waals surface area (Å²) in [5.74, 6) is 1.57. The topological polar surface area (TPSA) is 54.7 Å². The van der Waals surface area contributed by atoms with E-state index in [-0.39, 0.29) is 0 Å². The first-order valence-corrected chi connectivity index (χ1v) is 6.37. The molecule has 3 nitrogen and oxygen atoms in total. The zero-order valence-corrected chi connectivity index (χ0v) is 10.6. The van der Waals surface area contributed by atoms with Gasteiger partial charge in [0, 0.05) is 12.0 Å². The smallest absolute Gasteiger partial charge is 0.110 e. The Labute approximate surface area is 102 Å². The SMILES string of the molecule is CC(N)CCCC(C)c1nc2ccccc2[nH]1. The van der Waals surface area contributed by atoms with Gasteiger partial charge in [-0.2, -0.15) is 0 Å². The van der Waals surface area contributed by atoms with Crippen LogP contribution in [-0.4, -0.2) is 16.0 Å². The second-order valence-corrected chi connectivity index (χ2v) is 4.95. The number of hydrogen-bond acceptors (Lipinski definition) is 2. The van der Waals surface area contributed by atoms with E-state index in [0.717, 1.165) is 36.1 Å². The lowest BCUT2D eigenvalue weighted by Crippen LogP contribution is -2.14. The van der Waals surface area contributed by atoms with Crippen molar-refractivity contribution in [2.45, 2.75) is 45.1 Å². The fraction of sp³-hybridized carbons (Fsp3) is 0.500. The molecule has 0 radical (unpaired) electrons. The summed E-state index contributed by atoms with van der Waals surface area (Å²) in [7, 11) is 0. The average molecular weight is 231 g/mol. The van der Waals surface area contributed by atoms with E-state index in [1.54, 1.807) is 0 Å². The zero-order valence-electron chi connectivity index (χ0n) is 10.6. The van der Waals surface area contributed by atoms with Crippen LogP contribution < -0.4 is 5.73 Å². The first-order chi connectivity index (χ1) is 8.16. The van der Waals surface area contributed by atoms with Crippen molar-refractivity contribution in [2.75, 3.05) is 0 Å². The second kappa shape index (κ2) is 5.32. The normalized spacial score (nSPS) is 15.0. The van der Waals surface area contributed by atoms with Gasteiger partial charge in [0.2, 0.25) is 0 Å². The summed E-state index contributed by atoms with van der Waals surface area (Å²) in [5, 5.41) is 0. The molecule has 17 heavy (non-hydrogen) atoms. The van der Waals surface area contributed by atoms with E-state index in [1.807, 2.05) is 18.2 Å².